The summed E-state index contributed by atoms with van der Waals surface area (Å²) < 4.78 is 27.3. The number of hydrogen-bond acceptors (Lipinski definition) is 5. The molecule has 0 saturated carbocycles. The van der Waals surface area contributed by atoms with Crippen molar-refractivity contribution in [3.05, 3.63) is 39.3 Å². The maximum absolute atomic E-state index is 12.4. The average molecular weight is 311 g/mol. The molecule has 7 heteroatoms. The summed E-state index contributed by atoms with van der Waals surface area (Å²) in [6.45, 7) is 5.74. The lowest BCUT2D eigenvalue weighted by molar-refractivity contribution is 0.581. The Morgan fingerprint density at radius 1 is 1.30 bits per heavy atom. The number of nitrogens with zero attached hydrogens (tertiary/aromatic N) is 1. The van der Waals surface area contributed by atoms with Crippen molar-refractivity contribution in [1.82, 2.24) is 9.71 Å². The molecular weight excluding hydrogens is 294 g/mol. The van der Waals surface area contributed by atoms with Gasteiger partial charge in [-0.1, -0.05) is 0 Å². The second kappa shape index (κ2) is 5.51. The van der Waals surface area contributed by atoms with Gasteiger partial charge in [0.25, 0.3) is 0 Å². The van der Waals surface area contributed by atoms with Crippen molar-refractivity contribution < 1.29 is 8.42 Å². The molecule has 0 atom stereocenters. The molecule has 1 heterocycles. The van der Waals surface area contributed by atoms with E-state index < -0.39 is 10.0 Å². The van der Waals surface area contributed by atoms with E-state index in [2.05, 4.69) is 9.71 Å². The van der Waals surface area contributed by atoms with Gasteiger partial charge in [-0.15, -0.1) is 11.3 Å². The Morgan fingerprint density at radius 2 is 2.00 bits per heavy atom. The largest absolute Gasteiger partial charge is 0.399 e. The first-order chi connectivity index (χ1) is 9.29. The minimum absolute atomic E-state index is 0.233. The number of thiazole rings is 1. The van der Waals surface area contributed by atoms with Crippen molar-refractivity contribution in [2.24, 2.45) is 0 Å². The number of nitrogens with two attached hydrogens (primary N) is 1. The maximum Gasteiger partial charge on any atom is 0.241 e. The molecule has 108 valence electrons. The lowest BCUT2D eigenvalue weighted by Gasteiger charge is -2.11. The number of benzene rings is 1. The van der Waals surface area contributed by atoms with Crippen LogP contribution in [-0.2, 0) is 16.6 Å². The highest BCUT2D eigenvalue weighted by Crippen LogP contribution is 2.22. The van der Waals surface area contributed by atoms with Gasteiger partial charge in [0, 0.05) is 23.3 Å². The molecule has 0 radical (unpaired) electrons. The molecular formula is C13H17N3O2S2. The van der Waals surface area contributed by atoms with Gasteiger partial charge >= 0.3 is 0 Å². The number of nitrogen functional groups attached to an aromatic ring is 1. The normalized spacial score (nSPS) is 11.8. The molecule has 0 saturated heterocycles. The highest BCUT2D eigenvalue weighted by molar-refractivity contribution is 7.89. The van der Waals surface area contributed by atoms with Crippen LogP contribution in [0.1, 0.15) is 21.0 Å². The second-order valence-corrected chi connectivity index (χ2v) is 7.69. The molecule has 5 nitrogen and oxygen atoms in total. The summed E-state index contributed by atoms with van der Waals surface area (Å²) in [5.74, 6) is 0. The fourth-order valence-electron chi connectivity index (χ4n) is 1.86. The third-order valence-corrected chi connectivity index (χ3v) is 5.48. The fourth-order valence-corrected chi connectivity index (χ4v) is 4.05. The van der Waals surface area contributed by atoms with E-state index in [1.165, 1.54) is 17.4 Å². The van der Waals surface area contributed by atoms with E-state index in [0.717, 1.165) is 15.4 Å². The van der Waals surface area contributed by atoms with Crippen molar-refractivity contribution in [1.29, 1.82) is 0 Å². The molecule has 0 amide bonds. The Balaban J connectivity index is 2.27. The Labute approximate surface area is 122 Å². The Bertz CT molecular complexity index is 736. The lowest BCUT2D eigenvalue weighted by atomic mass is 10.1. The number of hydrogen-bond donors (Lipinski definition) is 2. The van der Waals surface area contributed by atoms with E-state index in [0.29, 0.717) is 11.3 Å². The van der Waals surface area contributed by atoms with E-state index in [1.807, 2.05) is 13.8 Å². The molecule has 0 aliphatic heterocycles. The zero-order chi connectivity index (χ0) is 14.9. The van der Waals surface area contributed by atoms with Crippen molar-refractivity contribution in [2.75, 3.05) is 5.73 Å². The fraction of sp³-hybridized carbons (Fsp3) is 0.308. The molecule has 0 fully saturated rings. The smallest absolute Gasteiger partial charge is 0.241 e. The monoisotopic (exact) mass is 311 g/mol. The molecule has 3 N–H and O–H groups in total. The summed E-state index contributed by atoms with van der Waals surface area (Å²) in [6, 6.07) is 3.25. The molecule has 0 unspecified atom stereocenters. The molecule has 0 aliphatic rings. The Morgan fingerprint density at radius 3 is 2.60 bits per heavy atom. The summed E-state index contributed by atoms with van der Waals surface area (Å²) in [5.41, 5.74) is 7.76. The van der Waals surface area contributed by atoms with E-state index in [4.69, 9.17) is 5.73 Å². The van der Waals surface area contributed by atoms with Crippen LogP contribution < -0.4 is 10.5 Å². The number of aryl methyl sites for hydroxylation is 2. The predicted octanol–water partition coefficient (Wildman–Crippen LogP) is 2.13. The standard InChI is InChI=1S/C13H17N3O2S2/c1-8-4-11(14)5-13(9(8)2)20(17,18)16-7-12-6-15-10(3)19-12/h4-6,16H,7,14H2,1-3H3. The Kier molecular flexibility index (Phi) is 4.12. The molecule has 2 aromatic rings. The minimum atomic E-state index is -3.58. The third-order valence-electron chi connectivity index (χ3n) is 3.04. The highest BCUT2D eigenvalue weighted by atomic mass is 32.2. The number of aromatic nitrogens is 1. The summed E-state index contributed by atoms with van der Waals surface area (Å²) >= 11 is 1.47. The summed E-state index contributed by atoms with van der Waals surface area (Å²) in [7, 11) is -3.58. The van der Waals surface area contributed by atoms with Crippen molar-refractivity contribution in [3.8, 4) is 0 Å². The van der Waals surface area contributed by atoms with E-state index in [9.17, 15) is 8.42 Å². The van der Waals surface area contributed by atoms with Gasteiger partial charge in [0.05, 0.1) is 9.90 Å². The zero-order valence-corrected chi connectivity index (χ0v) is 13.2. The highest BCUT2D eigenvalue weighted by Gasteiger charge is 2.18. The quantitative estimate of drug-likeness (QED) is 0.847. The second-order valence-electron chi connectivity index (χ2n) is 4.63. The van der Waals surface area contributed by atoms with Crippen LogP contribution in [0, 0.1) is 20.8 Å². The summed E-state index contributed by atoms with van der Waals surface area (Å²) in [4.78, 5) is 5.21. The first-order valence-electron chi connectivity index (χ1n) is 6.07. The van der Waals surface area contributed by atoms with E-state index in [-0.39, 0.29) is 11.4 Å². The topological polar surface area (TPSA) is 85.1 Å². The molecule has 1 aromatic heterocycles. The molecule has 0 aliphatic carbocycles. The Hall–Kier alpha value is -1.44. The predicted molar refractivity (Wildman–Crippen MR) is 81.2 cm³/mol. The molecule has 0 spiro atoms. The molecule has 20 heavy (non-hydrogen) atoms. The van der Waals surface area contributed by atoms with Gasteiger partial charge in [-0.3, -0.25) is 0 Å². The maximum atomic E-state index is 12.4. The van der Waals surface area contributed by atoms with Crippen molar-refractivity contribution in [2.45, 2.75) is 32.2 Å². The lowest BCUT2D eigenvalue weighted by Crippen LogP contribution is -2.24. The van der Waals surface area contributed by atoms with Gasteiger partial charge in [0.15, 0.2) is 0 Å². The summed E-state index contributed by atoms with van der Waals surface area (Å²) in [6.07, 6.45) is 1.68. The third kappa shape index (κ3) is 3.17. The van der Waals surface area contributed by atoms with Gasteiger partial charge in [0.2, 0.25) is 10.0 Å². The number of anilines is 1. The van der Waals surface area contributed by atoms with Gasteiger partial charge in [-0.25, -0.2) is 18.1 Å². The van der Waals surface area contributed by atoms with Crippen molar-refractivity contribution in [3.63, 3.8) is 0 Å². The van der Waals surface area contributed by atoms with E-state index >= 15 is 0 Å². The number of nitrogens with one attached hydrogen (secondary N) is 1. The van der Waals surface area contributed by atoms with Gasteiger partial charge in [-0.2, -0.15) is 0 Å². The van der Waals surface area contributed by atoms with Crippen LogP contribution in [0.4, 0.5) is 5.69 Å². The van der Waals surface area contributed by atoms with Crippen LogP contribution in [0.15, 0.2) is 23.2 Å². The first-order valence-corrected chi connectivity index (χ1v) is 8.37. The SMILES string of the molecule is Cc1ncc(CNS(=O)(=O)c2cc(N)cc(C)c2C)s1. The van der Waals surface area contributed by atoms with Crippen LogP contribution in [-0.4, -0.2) is 13.4 Å². The number of sulfonamides is 1. The molecule has 0 bridgehead atoms. The van der Waals surface area contributed by atoms with Crippen LogP contribution >= 0.6 is 11.3 Å². The van der Waals surface area contributed by atoms with Gasteiger partial charge in [-0.05, 0) is 44.0 Å². The molecule has 2 rings (SSSR count). The van der Waals surface area contributed by atoms with Crippen LogP contribution in [0.3, 0.4) is 0 Å². The van der Waals surface area contributed by atoms with Crippen LogP contribution in [0.25, 0.3) is 0 Å². The van der Waals surface area contributed by atoms with Gasteiger partial charge in [0.1, 0.15) is 0 Å². The summed E-state index contributed by atoms with van der Waals surface area (Å²) in [5, 5.41) is 0.912. The molecule has 1 aromatic carbocycles. The minimum Gasteiger partial charge on any atom is -0.399 e. The number of rotatable bonds is 4. The first kappa shape index (κ1) is 15.0. The van der Waals surface area contributed by atoms with Crippen molar-refractivity contribution >= 4 is 27.0 Å². The van der Waals surface area contributed by atoms with Gasteiger partial charge < -0.3 is 5.73 Å². The zero-order valence-electron chi connectivity index (χ0n) is 11.6. The average Bonchev–Trinajstić information content (AvgIpc) is 2.77. The van der Waals surface area contributed by atoms with Crippen LogP contribution in [0.5, 0.6) is 0 Å². The van der Waals surface area contributed by atoms with Crippen LogP contribution in [0.2, 0.25) is 0 Å². The van der Waals surface area contributed by atoms with E-state index in [1.54, 1.807) is 19.2 Å².